The van der Waals surface area contributed by atoms with Gasteiger partial charge in [0.2, 0.25) is 11.8 Å². The zero-order valence-electron chi connectivity index (χ0n) is 17.7. The van der Waals surface area contributed by atoms with Gasteiger partial charge in [0.05, 0.1) is 5.75 Å². The Kier molecular flexibility index (Phi) is 9.05. The minimum absolute atomic E-state index is 0.0136. The van der Waals surface area contributed by atoms with Crippen LogP contribution < -0.4 is 10.2 Å². The summed E-state index contributed by atoms with van der Waals surface area (Å²) in [7, 11) is 0. The predicted octanol–water partition coefficient (Wildman–Crippen LogP) is 3.37. The Balaban J connectivity index is 1.49. The minimum Gasteiger partial charge on any atom is -0.355 e. The van der Waals surface area contributed by atoms with Gasteiger partial charge in [-0.25, -0.2) is 9.97 Å². The summed E-state index contributed by atoms with van der Waals surface area (Å²) in [6.45, 7) is 5.72. The second-order valence-corrected chi connectivity index (χ2v) is 9.30. The van der Waals surface area contributed by atoms with Gasteiger partial charge in [-0.3, -0.25) is 9.59 Å². The maximum Gasteiger partial charge on any atom is 0.230 e. The average molecular weight is 454 g/mol. The highest BCUT2D eigenvalue weighted by molar-refractivity contribution is 7.99. The topological polar surface area (TPSA) is 78.4 Å². The number of hydrogen-bond acceptors (Lipinski definition) is 6. The molecule has 1 aliphatic carbocycles. The smallest absolute Gasteiger partial charge is 0.230 e. The molecule has 0 spiro atoms. The molecular formula is C21H32ClN5O2S. The summed E-state index contributed by atoms with van der Waals surface area (Å²) in [6.07, 6.45) is 7.67. The number of nitrogens with one attached hydrogen (secondary N) is 1. The molecule has 9 heteroatoms. The first-order valence-corrected chi connectivity index (χ1v) is 12.4. The zero-order chi connectivity index (χ0) is 21.3. The van der Waals surface area contributed by atoms with Crippen LogP contribution in [0.15, 0.2) is 11.2 Å². The number of piperazine rings is 1. The first-order valence-electron chi connectivity index (χ1n) is 11.0. The maximum atomic E-state index is 12.6. The number of thioether (sulfide) groups is 1. The molecule has 30 heavy (non-hydrogen) atoms. The molecule has 0 atom stereocenters. The van der Waals surface area contributed by atoms with Crippen molar-refractivity contribution in [1.29, 1.82) is 0 Å². The van der Waals surface area contributed by atoms with E-state index in [1.165, 1.54) is 24.6 Å². The van der Waals surface area contributed by atoms with Crippen molar-refractivity contribution in [2.75, 3.05) is 43.4 Å². The highest BCUT2D eigenvalue weighted by atomic mass is 35.5. The van der Waals surface area contributed by atoms with E-state index in [0.29, 0.717) is 35.9 Å². The molecule has 166 valence electrons. The molecule has 3 rings (SSSR count). The largest absolute Gasteiger partial charge is 0.355 e. The standard InChI is InChI=1S/C21H32ClN5O2S/c1-2-3-6-9-23-19(28)15-30-21-24-17(22)14-18(25-21)26-10-12-27(13-11-26)20(29)16-7-4-5-8-16/h14,16H,2-13,15H2,1H3,(H,23,28). The number of amides is 2. The van der Waals surface area contributed by atoms with Gasteiger partial charge in [-0.05, 0) is 19.3 Å². The maximum absolute atomic E-state index is 12.6. The van der Waals surface area contributed by atoms with Gasteiger partial charge in [-0.1, -0.05) is 56.0 Å². The molecule has 1 N–H and O–H groups in total. The first-order chi connectivity index (χ1) is 14.6. The second kappa shape index (κ2) is 11.7. The Morgan fingerprint density at radius 2 is 1.90 bits per heavy atom. The third-order valence-electron chi connectivity index (χ3n) is 5.72. The van der Waals surface area contributed by atoms with Crippen LogP contribution in [-0.4, -0.2) is 65.2 Å². The number of nitrogens with zero attached hydrogens (tertiary/aromatic N) is 4. The summed E-state index contributed by atoms with van der Waals surface area (Å²) in [5.41, 5.74) is 0. The Morgan fingerprint density at radius 1 is 1.17 bits per heavy atom. The number of carbonyl (C=O) groups is 2. The monoisotopic (exact) mass is 453 g/mol. The Hall–Kier alpha value is -1.54. The highest BCUT2D eigenvalue weighted by Crippen LogP contribution is 2.28. The fourth-order valence-electron chi connectivity index (χ4n) is 3.98. The average Bonchev–Trinajstić information content (AvgIpc) is 3.29. The van der Waals surface area contributed by atoms with Crippen LogP contribution in [0, 0.1) is 5.92 Å². The van der Waals surface area contributed by atoms with Crippen molar-refractivity contribution in [3.63, 3.8) is 0 Å². The fraction of sp³-hybridized carbons (Fsp3) is 0.714. The van der Waals surface area contributed by atoms with Crippen LogP contribution in [0.5, 0.6) is 0 Å². The summed E-state index contributed by atoms with van der Waals surface area (Å²) >= 11 is 7.51. The molecular weight excluding hydrogens is 422 g/mol. The van der Waals surface area contributed by atoms with E-state index >= 15 is 0 Å². The van der Waals surface area contributed by atoms with Crippen molar-refractivity contribution in [3.8, 4) is 0 Å². The molecule has 2 fully saturated rings. The summed E-state index contributed by atoms with van der Waals surface area (Å²) in [4.78, 5) is 37.6. The van der Waals surface area contributed by atoms with Crippen molar-refractivity contribution >= 4 is 41.0 Å². The van der Waals surface area contributed by atoms with E-state index in [9.17, 15) is 9.59 Å². The molecule has 0 unspecified atom stereocenters. The van der Waals surface area contributed by atoms with Crippen LogP contribution in [0.25, 0.3) is 0 Å². The van der Waals surface area contributed by atoms with Crippen LogP contribution in [-0.2, 0) is 9.59 Å². The Bertz CT molecular complexity index is 721. The highest BCUT2D eigenvalue weighted by Gasteiger charge is 2.29. The van der Waals surface area contributed by atoms with Crippen LogP contribution in [0.1, 0.15) is 51.9 Å². The third-order valence-corrected chi connectivity index (χ3v) is 6.76. The van der Waals surface area contributed by atoms with Crippen LogP contribution in [0.2, 0.25) is 5.15 Å². The molecule has 1 saturated heterocycles. The molecule has 0 aromatic carbocycles. The number of aromatic nitrogens is 2. The molecule has 2 aliphatic rings. The predicted molar refractivity (Wildman–Crippen MR) is 121 cm³/mol. The van der Waals surface area contributed by atoms with Gasteiger partial charge in [0.25, 0.3) is 0 Å². The molecule has 0 radical (unpaired) electrons. The molecule has 1 saturated carbocycles. The number of halogens is 1. The summed E-state index contributed by atoms with van der Waals surface area (Å²) in [5, 5.41) is 3.80. The van der Waals surface area contributed by atoms with E-state index < -0.39 is 0 Å². The lowest BCUT2D eigenvalue weighted by molar-refractivity contribution is -0.135. The summed E-state index contributed by atoms with van der Waals surface area (Å²) < 4.78 is 0. The van der Waals surface area contributed by atoms with Gasteiger partial charge in [0.15, 0.2) is 5.16 Å². The van der Waals surface area contributed by atoms with Gasteiger partial charge in [0, 0.05) is 44.7 Å². The first kappa shape index (κ1) is 23.1. The minimum atomic E-state index is -0.0136. The molecule has 2 heterocycles. The number of carbonyl (C=O) groups excluding carboxylic acids is 2. The van der Waals surface area contributed by atoms with Gasteiger partial charge >= 0.3 is 0 Å². The molecule has 0 bridgehead atoms. The van der Waals surface area contributed by atoms with Crippen molar-refractivity contribution in [3.05, 3.63) is 11.2 Å². The number of rotatable bonds is 9. The van der Waals surface area contributed by atoms with Crippen molar-refractivity contribution in [2.24, 2.45) is 5.92 Å². The summed E-state index contributed by atoms with van der Waals surface area (Å²) in [5.74, 6) is 1.56. The molecule has 1 aromatic rings. The number of anilines is 1. The molecule has 7 nitrogen and oxygen atoms in total. The zero-order valence-corrected chi connectivity index (χ0v) is 19.3. The fourth-order valence-corrected chi connectivity index (χ4v) is 4.89. The van der Waals surface area contributed by atoms with Crippen molar-refractivity contribution in [2.45, 2.75) is 57.0 Å². The van der Waals surface area contributed by atoms with E-state index in [1.54, 1.807) is 6.07 Å². The van der Waals surface area contributed by atoms with E-state index in [-0.39, 0.29) is 17.6 Å². The Morgan fingerprint density at radius 3 is 2.60 bits per heavy atom. The number of unbranched alkanes of at least 4 members (excludes halogenated alkanes) is 2. The second-order valence-electron chi connectivity index (χ2n) is 7.97. The van der Waals surface area contributed by atoms with Crippen molar-refractivity contribution in [1.82, 2.24) is 20.2 Å². The lowest BCUT2D eigenvalue weighted by Gasteiger charge is -2.36. The molecule has 1 aromatic heterocycles. The van der Waals surface area contributed by atoms with Crippen LogP contribution in [0.3, 0.4) is 0 Å². The van der Waals surface area contributed by atoms with Gasteiger partial charge in [0.1, 0.15) is 11.0 Å². The molecule has 1 aliphatic heterocycles. The normalized spacial score (nSPS) is 17.4. The summed E-state index contributed by atoms with van der Waals surface area (Å²) in [6, 6.07) is 1.75. The Labute approximate surface area is 188 Å². The van der Waals surface area contributed by atoms with Crippen molar-refractivity contribution < 1.29 is 9.59 Å². The lowest BCUT2D eigenvalue weighted by Crippen LogP contribution is -2.50. The van der Waals surface area contributed by atoms with Gasteiger partial charge < -0.3 is 15.1 Å². The SMILES string of the molecule is CCCCCNC(=O)CSc1nc(Cl)cc(N2CCN(C(=O)C3CCCC3)CC2)n1. The van der Waals surface area contributed by atoms with E-state index in [0.717, 1.165) is 51.0 Å². The lowest BCUT2D eigenvalue weighted by atomic mass is 10.1. The van der Waals surface area contributed by atoms with E-state index in [1.807, 2.05) is 4.90 Å². The van der Waals surface area contributed by atoms with Gasteiger partial charge in [-0.2, -0.15) is 0 Å². The molecule has 2 amide bonds. The van der Waals surface area contributed by atoms with Crippen LogP contribution in [0.4, 0.5) is 5.82 Å². The van der Waals surface area contributed by atoms with E-state index in [2.05, 4.69) is 27.1 Å². The third kappa shape index (κ3) is 6.74. The van der Waals surface area contributed by atoms with Crippen LogP contribution >= 0.6 is 23.4 Å². The quantitative estimate of drug-likeness (QED) is 0.267. The van der Waals surface area contributed by atoms with Gasteiger partial charge in [-0.15, -0.1) is 0 Å². The number of hydrogen-bond donors (Lipinski definition) is 1. The van der Waals surface area contributed by atoms with E-state index in [4.69, 9.17) is 11.6 Å².